The zero-order chi connectivity index (χ0) is 13.3. The molecular weight excluding hydrogens is 222 g/mol. The Hall–Kier alpha value is -2.03. The molecule has 0 aromatic carbocycles. The van der Waals surface area contributed by atoms with E-state index < -0.39 is 11.9 Å². The maximum absolute atomic E-state index is 11.5. The van der Waals surface area contributed by atoms with Gasteiger partial charge in [-0.3, -0.25) is 9.59 Å². The van der Waals surface area contributed by atoms with E-state index in [2.05, 4.69) is 15.4 Å². The fraction of sp³-hybridized carbons (Fsp3) is 0.545. The molecule has 0 aliphatic heterocycles. The van der Waals surface area contributed by atoms with E-state index in [4.69, 9.17) is 5.26 Å². The van der Waals surface area contributed by atoms with E-state index in [1.807, 2.05) is 13.8 Å². The lowest BCUT2D eigenvalue weighted by atomic mass is 10.2. The van der Waals surface area contributed by atoms with Gasteiger partial charge in [-0.15, -0.1) is 0 Å². The smallest absolute Gasteiger partial charge is 0.325 e. The van der Waals surface area contributed by atoms with Gasteiger partial charge in [0, 0.05) is 12.2 Å². The summed E-state index contributed by atoms with van der Waals surface area (Å²) in [5.74, 6) is -0.930. The highest BCUT2D eigenvalue weighted by Crippen LogP contribution is 1.94. The molecule has 6 nitrogen and oxygen atoms in total. The molecule has 0 heterocycles. The van der Waals surface area contributed by atoms with Crippen LogP contribution in [0.15, 0.2) is 11.8 Å². The molecule has 0 radical (unpaired) electrons. The molecule has 17 heavy (non-hydrogen) atoms. The van der Waals surface area contributed by atoms with Crippen LogP contribution in [0.25, 0.3) is 0 Å². The molecule has 1 unspecified atom stereocenters. The van der Waals surface area contributed by atoms with Crippen LogP contribution in [-0.2, 0) is 14.3 Å². The van der Waals surface area contributed by atoms with Crippen LogP contribution in [0, 0.1) is 11.3 Å². The summed E-state index contributed by atoms with van der Waals surface area (Å²) >= 11 is 0. The molecule has 1 atom stereocenters. The van der Waals surface area contributed by atoms with Crippen LogP contribution < -0.4 is 10.6 Å². The molecule has 0 aromatic rings. The number of carbonyl (C=O) groups excluding carboxylic acids is 2. The van der Waals surface area contributed by atoms with Crippen molar-refractivity contribution in [3.63, 3.8) is 0 Å². The summed E-state index contributed by atoms with van der Waals surface area (Å²) in [6.45, 7) is 3.68. The van der Waals surface area contributed by atoms with Gasteiger partial charge in [-0.05, 0) is 13.3 Å². The van der Waals surface area contributed by atoms with E-state index in [0.717, 1.165) is 6.42 Å². The topological polar surface area (TPSA) is 91.2 Å². The monoisotopic (exact) mass is 239 g/mol. The maximum Gasteiger partial charge on any atom is 0.325 e. The van der Waals surface area contributed by atoms with E-state index in [-0.39, 0.29) is 18.2 Å². The molecule has 1 amide bonds. The summed E-state index contributed by atoms with van der Waals surface area (Å²) in [7, 11) is 1.26. The standard InChI is InChI=1S/C11H17N3O3/c1-4-8(2)14-11(16)9(5-12)6-13-7-10(15)17-3/h6,8,13H,4,7H2,1-3H3,(H,14,16)/b9-6-. The van der Waals surface area contributed by atoms with Gasteiger partial charge in [0.1, 0.15) is 18.2 Å². The van der Waals surface area contributed by atoms with Gasteiger partial charge in [0.15, 0.2) is 0 Å². The highest BCUT2D eigenvalue weighted by Gasteiger charge is 2.11. The Morgan fingerprint density at radius 1 is 1.53 bits per heavy atom. The first kappa shape index (κ1) is 15.0. The number of nitrogens with zero attached hydrogens (tertiary/aromatic N) is 1. The first-order valence-electron chi connectivity index (χ1n) is 5.26. The molecular formula is C11H17N3O3. The minimum atomic E-state index is -0.471. The molecule has 0 fully saturated rings. The second-order valence-corrected chi connectivity index (χ2v) is 3.41. The number of rotatable bonds is 6. The van der Waals surface area contributed by atoms with Crippen molar-refractivity contribution in [1.82, 2.24) is 10.6 Å². The van der Waals surface area contributed by atoms with Crippen molar-refractivity contribution in [3.8, 4) is 6.07 Å². The van der Waals surface area contributed by atoms with Gasteiger partial charge in [-0.1, -0.05) is 6.92 Å². The van der Waals surface area contributed by atoms with Gasteiger partial charge in [0.25, 0.3) is 5.91 Å². The number of esters is 1. The van der Waals surface area contributed by atoms with Crippen LogP contribution in [0.5, 0.6) is 0 Å². The number of nitrogens with one attached hydrogen (secondary N) is 2. The largest absolute Gasteiger partial charge is 0.468 e. The van der Waals surface area contributed by atoms with Crippen molar-refractivity contribution in [1.29, 1.82) is 5.26 Å². The van der Waals surface area contributed by atoms with Gasteiger partial charge in [-0.2, -0.15) is 5.26 Å². The highest BCUT2D eigenvalue weighted by atomic mass is 16.5. The second kappa shape index (κ2) is 8.16. The fourth-order valence-electron chi connectivity index (χ4n) is 0.861. The lowest BCUT2D eigenvalue weighted by Crippen LogP contribution is -2.33. The number of hydrogen-bond donors (Lipinski definition) is 2. The van der Waals surface area contributed by atoms with Crippen LogP contribution in [0.4, 0.5) is 0 Å². The summed E-state index contributed by atoms with van der Waals surface area (Å²) in [6, 6.07) is 1.76. The molecule has 0 saturated carbocycles. The van der Waals surface area contributed by atoms with Crippen molar-refractivity contribution in [2.24, 2.45) is 0 Å². The Morgan fingerprint density at radius 2 is 2.18 bits per heavy atom. The Balaban J connectivity index is 4.32. The zero-order valence-corrected chi connectivity index (χ0v) is 10.2. The molecule has 94 valence electrons. The molecule has 0 spiro atoms. The van der Waals surface area contributed by atoms with Crippen molar-refractivity contribution < 1.29 is 14.3 Å². The van der Waals surface area contributed by atoms with E-state index >= 15 is 0 Å². The van der Waals surface area contributed by atoms with E-state index in [0.29, 0.717) is 0 Å². The maximum atomic E-state index is 11.5. The molecule has 0 aliphatic rings. The van der Waals surface area contributed by atoms with Crippen LogP contribution in [0.2, 0.25) is 0 Å². The van der Waals surface area contributed by atoms with Crippen LogP contribution in [0.1, 0.15) is 20.3 Å². The number of ether oxygens (including phenoxy) is 1. The van der Waals surface area contributed by atoms with Crippen molar-refractivity contribution in [3.05, 3.63) is 11.8 Å². The summed E-state index contributed by atoms with van der Waals surface area (Å²) in [6.07, 6.45) is 1.98. The summed E-state index contributed by atoms with van der Waals surface area (Å²) in [4.78, 5) is 22.3. The average molecular weight is 239 g/mol. The average Bonchev–Trinajstić information content (AvgIpc) is 2.33. The van der Waals surface area contributed by atoms with E-state index in [1.54, 1.807) is 6.07 Å². The summed E-state index contributed by atoms with van der Waals surface area (Å²) in [5, 5.41) is 14.0. The zero-order valence-electron chi connectivity index (χ0n) is 10.2. The normalized spacial score (nSPS) is 12.2. The van der Waals surface area contributed by atoms with Crippen molar-refractivity contribution in [2.75, 3.05) is 13.7 Å². The Bertz CT molecular complexity index is 344. The third-order valence-electron chi connectivity index (χ3n) is 2.08. The van der Waals surface area contributed by atoms with Crippen LogP contribution >= 0.6 is 0 Å². The van der Waals surface area contributed by atoms with Gasteiger partial charge >= 0.3 is 5.97 Å². The van der Waals surface area contributed by atoms with Gasteiger partial charge in [0.2, 0.25) is 0 Å². The number of amides is 1. The summed E-state index contributed by atoms with van der Waals surface area (Å²) in [5.41, 5.74) is -0.0748. The molecule has 0 saturated heterocycles. The number of carbonyl (C=O) groups is 2. The fourth-order valence-corrected chi connectivity index (χ4v) is 0.861. The Kier molecular flexibility index (Phi) is 7.19. The van der Waals surface area contributed by atoms with Crippen LogP contribution in [0.3, 0.4) is 0 Å². The third kappa shape index (κ3) is 6.20. The molecule has 6 heteroatoms. The molecule has 2 N–H and O–H groups in total. The van der Waals surface area contributed by atoms with Crippen molar-refractivity contribution in [2.45, 2.75) is 26.3 Å². The lowest BCUT2D eigenvalue weighted by molar-refractivity contribution is -0.139. The first-order valence-corrected chi connectivity index (χ1v) is 5.26. The van der Waals surface area contributed by atoms with E-state index in [9.17, 15) is 9.59 Å². The highest BCUT2D eigenvalue weighted by molar-refractivity contribution is 5.97. The number of methoxy groups -OCH3 is 1. The predicted octanol–water partition coefficient (Wildman–Crippen LogP) is 0.0712. The van der Waals surface area contributed by atoms with Gasteiger partial charge in [0.05, 0.1) is 7.11 Å². The number of nitriles is 1. The lowest BCUT2D eigenvalue weighted by Gasteiger charge is -2.10. The third-order valence-corrected chi connectivity index (χ3v) is 2.08. The SMILES string of the molecule is CCC(C)NC(=O)/C(C#N)=C\NCC(=O)OC. The molecule has 0 aromatic heterocycles. The minimum Gasteiger partial charge on any atom is -0.468 e. The number of hydrogen-bond acceptors (Lipinski definition) is 5. The molecule has 0 aliphatic carbocycles. The molecule has 0 rings (SSSR count). The van der Waals surface area contributed by atoms with Gasteiger partial charge in [-0.25, -0.2) is 0 Å². The minimum absolute atomic E-state index is 0.000132. The van der Waals surface area contributed by atoms with Crippen LogP contribution in [-0.4, -0.2) is 31.6 Å². The molecule has 0 bridgehead atoms. The predicted molar refractivity (Wildman–Crippen MR) is 61.6 cm³/mol. The Labute approximate surface area is 101 Å². The quantitative estimate of drug-likeness (QED) is 0.389. The summed E-state index contributed by atoms with van der Waals surface area (Å²) < 4.78 is 4.39. The Morgan fingerprint density at radius 3 is 2.65 bits per heavy atom. The first-order chi connectivity index (χ1) is 8.04. The van der Waals surface area contributed by atoms with Gasteiger partial charge < -0.3 is 15.4 Å². The second-order valence-electron chi connectivity index (χ2n) is 3.41. The van der Waals surface area contributed by atoms with Crippen molar-refractivity contribution >= 4 is 11.9 Å². The van der Waals surface area contributed by atoms with E-state index in [1.165, 1.54) is 13.3 Å².